The SMILES string of the molecule is CNC(=O)CN1CCC(NC[C@@H]2C(C)=CCC[C@H]2C)CC1. The Morgan fingerprint density at radius 1 is 1.33 bits per heavy atom. The molecule has 0 bridgehead atoms. The Labute approximate surface area is 129 Å². The first-order valence-corrected chi connectivity index (χ1v) is 8.43. The molecule has 0 unspecified atom stereocenters. The Hall–Kier alpha value is -0.870. The first-order valence-electron chi connectivity index (χ1n) is 8.43. The minimum Gasteiger partial charge on any atom is -0.358 e. The topological polar surface area (TPSA) is 44.4 Å². The van der Waals surface area contributed by atoms with E-state index >= 15 is 0 Å². The van der Waals surface area contributed by atoms with E-state index in [-0.39, 0.29) is 5.91 Å². The van der Waals surface area contributed by atoms with Gasteiger partial charge in [-0.2, -0.15) is 0 Å². The minimum absolute atomic E-state index is 0.123. The van der Waals surface area contributed by atoms with E-state index in [1.807, 2.05) is 0 Å². The molecule has 1 aliphatic heterocycles. The van der Waals surface area contributed by atoms with Crippen LogP contribution in [0.3, 0.4) is 0 Å². The molecule has 0 spiro atoms. The summed E-state index contributed by atoms with van der Waals surface area (Å²) in [5.41, 5.74) is 1.57. The van der Waals surface area contributed by atoms with Gasteiger partial charge in [0, 0.05) is 32.7 Å². The molecule has 2 atom stereocenters. The number of carbonyl (C=O) groups excluding carboxylic acids is 1. The highest BCUT2D eigenvalue weighted by molar-refractivity contribution is 5.77. The van der Waals surface area contributed by atoms with Gasteiger partial charge < -0.3 is 10.6 Å². The summed E-state index contributed by atoms with van der Waals surface area (Å²) in [6.07, 6.45) is 7.30. The van der Waals surface area contributed by atoms with Crippen LogP contribution in [0, 0.1) is 11.8 Å². The first kappa shape index (κ1) is 16.5. The van der Waals surface area contributed by atoms with Gasteiger partial charge in [-0.15, -0.1) is 0 Å². The molecule has 1 heterocycles. The van der Waals surface area contributed by atoms with E-state index in [9.17, 15) is 4.79 Å². The van der Waals surface area contributed by atoms with E-state index in [0.717, 1.165) is 38.4 Å². The second kappa shape index (κ2) is 7.95. The lowest BCUT2D eigenvalue weighted by Gasteiger charge is -2.35. The lowest BCUT2D eigenvalue weighted by molar-refractivity contribution is -0.122. The molecule has 21 heavy (non-hydrogen) atoms. The lowest BCUT2D eigenvalue weighted by Crippen LogP contribution is -2.47. The Morgan fingerprint density at radius 2 is 2.05 bits per heavy atom. The fourth-order valence-electron chi connectivity index (χ4n) is 3.61. The van der Waals surface area contributed by atoms with Gasteiger partial charge in [-0.1, -0.05) is 18.6 Å². The second-order valence-corrected chi connectivity index (χ2v) is 6.74. The molecule has 1 aliphatic carbocycles. The summed E-state index contributed by atoms with van der Waals surface area (Å²) in [6.45, 7) is 8.39. The Kier molecular flexibility index (Phi) is 6.24. The molecule has 0 aromatic rings. The van der Waals surface area contributed by atoms with Gasteiger partial charge in [0.2, 0.25) is 5.91 Å². The molecule has 120 valence electrons. The summed E-state index contributed by atoms with van der Waals surface area (Å²) in [4.78, 5) is 13.6. The molecule has 2 rings (SSSR count). The summed E-state index contributed by atoms with van der Waals surface area (Å²) in [5.74, 6) is 1.64. The third kappa shape index (κ3) is 4.82. The quantitative estimate of drug-likeness (QED) is 0.760. The molecule has 0 aromatic carbocycles. The molecular formula is C17H31N3O. The smallest absolute Gasteiger partial charge is 0.233 e. The number of nitrogens with zero attached hydrogens (tertiary/aromatic N) is 1. The monoisotopic (exact) mass is 293 g/mol. The lowest BCUT2D eigenvalue weighted by atomic mass is 9.80. The number of amides is 1. The van der Waals surface area contributed by atoms with Crippen molar-refractivity contribution in [3.8, 4) is 0 Å². The van der Waals surface area contributed by atoms with Gasteiger partial charge in [0.05, 0.1) is 6.54 Å². The van der Waals surface area contributed by atoms with Gasteiger partial charge in [0.15, 0.2) is 0 Å². The zero-order valence-electron chi connectivity index (χ0n) is 13.8. The fourth-order valence-corrected chi connectivity index (χ4v) is 3.61. The number of piperidine rings is 1. The van der Waals surface area contributed by atoms with Gasteiger partial charge in [0.25, 0.3) is 0 Å². The molecule has 1 fully saturated rings. The van der Waals surface area contributed by atoms with E-state index < -0.39 is 0 Å². The van der Waals surface area contributed by atoms with Crippen LogP contribution in [0.1, 0.15) is 39.5 Å². The highest BCUT2D eigenvalue weighted by Crippen LogP contribution is 2.29. The second-order valence-electron chi connectivity index (χ2n) is 6.74. The number of rotatable bonds is 5. The largest absolute Gasteiger partial charge is 0.358 e. The standard InChI is InChI=1S/C17H31N3O/c1-13-5-4-6-14(2)16(13)11-19-15-7-9-20(10-8-15)12-17(21)18-3/h5,14-16,19H,4,6-12H2,1-3H3,(H,18,21)/t14-,16-/m1/s1. The molecule has 2 N–H and O–H groups in total. The van der Waals surface area contributed by atoms with Crippen molar-refractivity contribution in [3.05, 3.63) is 11.6 Å². The molecule has 0 radical (unpaired) electrons. The number of likely N-dealkylation sites (tertiary alicyclic amines) is 1. The van der Waals surface area contributed by atoms with Gasteiger partial charge >= 0.3 is 0 Å². The van der Waals surface area contributed by atoms with Crippen LogP contribution in [0.25, 0.3) is 0 Å². The van der Waals surface area contributed by atoms with Crippen LogP contribution in [0.15, 0.2) is 11.6 Å². The Bertz CT molecular complexity index is 372. The molecule has 0 saturated carbocycles. The minimum atomic E-state index is 0.123. The number of allylic oxidation sites excluding steroid dienone is 1. The van der Waals surface area contributed by atoms with Crippen LogP contribution in [-0.2, 0) is 4.79 Å². The molecular weight excluding hydrogens is 262 g/mol. The first-order chi connectivity index (χ1) is 10.1. The number of hydrogen-bond acceptors (Lipinski definition) is 3. The number of carbonyl (C=O) groups is 1. The van der Waals surface area contributed by atoms with Crippen LogP contribution < -0.4 is 10.6 Å². The van der Waals surface area contributed by atoms with Gasteiger partial charge in [-0.25, -0.2) is 0 Å². The van der Waals surface area contributed by atoms with Gasteiger partial charge in [-0.3, -0.25) is 9.69 Å². The summed E-state index contributed by atoms with van der Waals surface area (Å²) >= 11 is 0. The van der Waals surface area contributed by atoms with Crippen LogP contribution in [0.4, 0.5) is 0 Å². The molecule has 0 aromatic heterocycles. The van der Waals surface area contributed by atoms with E-state index in [1.54, 1.807) is 12.6 Å². The number of nitrogens with one attached hydrogen (secondary N) is 2. The van der Waals surface area contributed by atoms with Gasteiger partial charge in [-0.05, 0) is 44.4 Å². The summed E-state index contributed by atoms with van der Waals surface area (Å²) < 4.78 is 0. The maximum absolute atomic E-state index is 11.4. The zero-order valence-corrected chi connectivity index (χ0v) is 13.8. The Balaban J connectivity index is 1.70. The number of likely N-dealkylation sites (N-methyl/N-ethyl adjacent to an activating group) is 1. The van der Waals surface area contributed by atoms with Crippen LogP contribution in [0.5, 0.6) is 0 Å². The number of hydrogen-bond donors (Lipinski definition) is 2. The van der Waals surface area contributed by atoms with Crippen molar-refractivity contribution in [1.29, 1.82) is 0 Å². The van der Waals surface area contributed by atoms with Gasteiger partial charge in [0.1, 0.15) is 0 Å². The van der Waals surface area contributed by atoms with Crippen molar-refractivity contribution in [2.75, 3.05) is 33.2 Å². The normalized spacial score (nSPS) is 28.2. The molecule has 4 nitrogen and oxygen atoms in total. The predicted molar refractivity (Wildman–Crippen MR) is 87.2 cm³/mol. The maximum atomic E-state index is 11.4. The van der Waals surface area contributed by atoms with E-state index in [0.29, 0.717) is 18.5 Å². The molecule has 1 saturated heterocycles. The predicted octanol–water partition coefficient (Wildman–Crippen LogP) is 1.78. The maximum Gasteiger partial charge on any atom is 0.233 e. The molecule has 1 amide bonds. The van der Waals surface area contributed by atoms with Crippen molar-refractivity contribution in [2.24, 2.45) is 11.8 Å². The van der Waals surface area contributed by atoms with Crippen molar-refractivity contribution in [1.82, 2.24) is 15.5 Å². The molecule has 4 heteroatoms. The fraction of sp³-hybridized carbons (Fsp3) is 0.824. The average Bonchev–Trinajstić information content (AvgIpc) is 2.48. The average molecular weight is 293 g/mol. The van der Waals surface area contributed by atoms with Crippen LogP contribution >= 0.6 is 0 Å². The Morgan fingerprint density at radius 3 is 2.67 bits per heavy atom. The highest BCUT2D eigenvalue weighted by atomic mass is 16.1. The highest BCUT2D eigenvalue weighted by Gasteiger charge is 2.25. The van der Waals surface area contributed by atoms with E-state index in [1.165, 1.54) is 12.8 Å². The third-order valence-corrected chi connectivity index (χ3v) is 5.22. The zero-order chi connectivity index (χ0) is 15.2. The summed E-state index contributed by atoms with van der Waals surface area (Å²) in [7, 11) is 1.71. The van der Waals surface area contributed by atoms with E-state index in [2.05, 4.69) is 35.5 Å². The summed E-state index contributed by atoms with van der Waals surface area (Å²) in [6, 6.07) is 0.618. The van der Waals surface area contributed by atoms with Crippen LogP contribution in [-0.4, -0.2) is 50.1 Å². The third-order valence-electron chi connectivity index (χ3n) is 5.22. The van der Waals surface area contributed by atoms with Crippen molar-refractivity contribution in [2.45, 2.75) is 45.6 Å². The van der Waals surface area contributed by atoms with Crippen molar-refractivity contribution in [3.63, 3.8) is 0 Å². The van der Waals surface area contributed by atoms with Crippen molar-refractivity contribution < 1.29 is 4.79 Å². The van der Waals surface area contributed by atoms with E-state index in [4.69, 9.17) is 0 Å². The summed E-state index contributed by atoms with van der Waals surface area (Å²) in [5, 5.41) is 6.47. The van der Waals surface area contributed by atoms with Crippen molar-refractivity contribution >= 4 is 5.91 Å². The van der Waals surface area contributed by atoms with Crippen LogP contribution in [0.2, 0.25) is 0 Å². The molecule has 2 aliphatic rings.